The van der Waals surface area contributed by atoms with Crippen molar-refractivity contribution in [3.8, 4) is 11.5 Å². The Bertz CT molecular complexity index is 2840. The summed E-state index contributed by atoms with van der Waals surface area (Å²) in [5, 5.41) is 41.2. The van der Waals surface area contributed by atoms with Gasteiger partial charge in [-0.25, -0.2) is 4.39 Å². The van der Waals surface area contributed by atoms with Crippen molar-refractivity contribution in [2.75, 3.05) is 6.79 Å². The number of esters is 2. The second-order valence-electron chi connectivity index (χ2n) is 21.5. The molecule has 14 atom stereocenters. The molecule has 1 aliphatic carbocycles. The lowest BCUT2D eigenvalue weighted by atomic mass is 9.77. The van der Waals surface area contributed by atoms with Crippen molar-refractivity contribution in [2.45, 2.75) is 156 Å². The molecule has 422 valence electrons. The van der Waals surface area contributed by atoms with E-state index in [2.05, 4.69) is 10.6 Å². The van der Waals surface area contributed by atoms with Gasteiger partial charge in [-0.2, -0.15) is 0 Å². The summed E-state index contributed by atoms with van der Waals surface area (Å²) in [7, 11) is 0. The van der Waals surface area contributed by atoms with Crippen LogP contribution in [0.3, 0.4) is 0 Å². The largest absolute Gasteiger partial charge is 0.507 e. The van der Waals surface area contributed by atoms with Crippen LogP contribution in [0.2, 0.25) is 0 Å². The second kappa shape index (κ2) is 23.8. The highest BCUT2D eigenvalue weighted by molar-refractivity contribution is 6.30. The zero-order valence-electron chi connectivity index (χ0n) is 45.5. The number of aliphatic hydroxyl groups is 2. The Kier molecular flexibility index (Phi) is 18.0. The molecular weight excluding hydrogens is 1020 g/mol. The first-order valence-corrected chi connectivity index (χ1v) is 25.9. The van der Waals surface area contributed by atoms with Crippen molar-refractivity contribution in [1.82, 2.24) is 10.6 Å². The van der Waals surface area contributed by atoms with Crippen LogP contribution in [0.25, 0.3) is 0 Å². The second-order valence-corrected chi connectivity index (χ2v) is 21.5. The van der Waals surface area contributed by atoms with E-state index in [0.29, 0.717) is 5.56 Å². The topological polar surface area (TPSA) is 278 Å². The van der Waals surface area contributed by atoms with Crippen molar-refractivity contribution in [3.05, 3.63) is 106 Å². The maximum Gasteiger partial charge on any atom is 0.312 e. The highest BCUT2D eigenvalue weighted by atomic mass is 19.1. The minimum atomic E-state index is -2.19. The Balaban J connectivity index is 1.25. The summed E-state index contributed by atoms with van der Waals surface area (Å²) < 4.78 is 62.2. The van der Waals surface area contributed by atoms with Gasteiger partial charge in [0.2, 0.25) is 11.7 Å². The van der Waals surface area contributed by atoms with Crippen molar-refractivity contribution in [3.63, 3.8) is 0 Å². The van der Waals surface area contributed by atoms with Crippen molar-refractivity contribution in [2.24, 2.45) is 29.1 Å². The fourth-order valence-electron chi connectivity index (χ4n) is 10.4. The first-order valence-electron chi connectivity index (χ1n) is 25.9. The molecule has 0 saturated carbocycles. The standard InChI is InChI=1S/C57H69FN2O18/c1-26-14-12-17-36(31(6)75-55(70)56(9,10)23-41(63)59-24-34-15-13-16-35(58)20-34)47(65)28(3)46(64)29(4)50(76-33(8)61)27(2)39(77-42-22-40-52(32(7)74-42)72-25-71-40)18-19-73-57(11)53(68)45-43-38(62)21-37(60-54(26)69)49(67)44(43)48(66)30(5)51(45)78-57/h12-21,27-29,31-32,36,39-40,42,46-47,50,52,64-66H,22-25H2,1-11H3,(H,59,63)(H,60,69)/b17-12+,19-18+,26-14-/t27-,28+,29-,31?,32-,36-,39+,40+,42+,46-,47-,50-,52-,57+/m1/s1. The number of phenolic OH excluding ortho intramolecular Hbond substituents is 1. The van der Waals surface area contributed by atoms with Gasteiger partial charge in [0, 0.05) is 74.1 Å². The van der Waals surface area contributed by atoms with Gasteiger partial charge in [-0.3, -0.25) is 33.6 Å². The monoisotopic (exact) mass is 1090 g/mol. The molecule has 20 nitrogen and oxygen atoms in total. The predicted molar refractivity (Wildman–Crippen MR) is 273 cm³/mol. The van der Waals surface area contributed by atoms with Crippen LogP contribution in [-0.2, 0) is 58.9 Å². The van der Waals surface area contributed by atoms with Crippen LogP contribution in [0, 0.1) is 41.8 Å². The van der Waals surface area contributed by atoms with Crippen LogP contribution >= 0.6 is 0 Å². The zero-order chi connectivity index (χ0) is 57.3. The fourth-order valence-corrected chi connectivity index (χ4v) is 10.4. The van der Waals surface area contributed by atoms with Crippen LogP contribution in [0.1, 0.15) is 124 Å². The third kappa shape index (κ3) is 12.5. The summed E-state index contributed by atoms with van der Waals surface area (Å²) in [6.45, 7) is 16.4. The van der Waals surface area contributed by atoms with Gasteiger partial charge >= 0.3 is 17.7 Å². The maximum atomic E-state index is 14.4. The number of amides is 2. The van der Waals surface area contributed by atoms with Gasteiger partial charge in [0.25, 0.3) is 11.7 Å². The molecule has 8 rings (SSSR count). The Hall–Kier alpha value is -6.62. The van der Waals surface area contributed by atoms with E-state index in [9.17, 15) is 53.3 Å². The summed E-state index contributed by atoms with van der Waals surface area (Å²) in [6.07, 6.45) is -1.26. The average Bonchev–Trinajstić information content (AvgIpc) is 4.00. The number of aromatic hydroxyl groups is 1. The van der Waals surface area contributed by atoms with E-state index in [-0.39, 0.29) is 54.7 Å². The quantitative estimate of drug-likeness (QED) is 0.180. The minimum Gasteiger partial charge on any atom is -0.507 e. The van der Waals surface area contributed by atoms with Gasteiger partial charge in [0.1, 0.15) is 42.4 Å². The molecule has 5 N–H and O–H groups in total. The number of rotatable bonds is 10. The van der Waals surface area contributed by atoms with E-state index in [0.717, 1.165) is 12.3 Å². The number of hydrogen-bond acceptors (Lipinski definition) is 18. The lowest BCUT2D eigenvalue weighted by Gasteiger charge is -2.41. The molecule has 6 aliphatic rings. The van der Waals surface area contributed by atoms with Gasteiger partial charge in [0.15, 0.2) is 12.1 Å². The van der Waals surface area contributed by atoms with E-state index < -0.39 is 153 Å². The van der Waals surface area contributed by atoms with Crippen LogP contribution in [0.15, 0.2) is 72.2 Å². The number of carbonyl (C=O) groups is 7. The first kappa shape index (κ1) is 59.0. The molecule has 1 unspecified atom stereocenters. The summed E-state index contributed by atoms with van der Waals surface area (Å²) in [5.74, 6) is -13.3. The highest BCUT2D eigenvalue weighted by Crippen LogP contribution is 2.48. The Morgan fingerprint density at radius 2 is 1.69 bits per heavy atom. The number of ether oxygens (including phenoxy) is 8. The number of halogens is 1. The molecule has 5 heterocycles. The first-order chi connectivity index (χ1) is 36.6. The van der Waals surface area contributed by atoms with E-state index in [4.69, 9.17) is 37.9 Å². The number of phenols is 1. The number of benzene rings is 2. The van der Waals surface area contributed by atoms with Gasteiger partial charge in [-0.15, -0.1) is 0 Å². The number of carbonyl (C=O) groups excluding carboxylic acids is 7. The zero-order valence-corrected chi connectivity index (χ0v) is 45.5. The van der Waals surface area contributed by atoms with Crippen molar-refractivity contribution in [1.29, 1.82) is 0 Å². The number of fused-ring (bicyclic) bond motifs is 15. The summed E-state index contributed by atoms with van der Waals surface area (Å²) in [6, 6.07) is 5.67. The van der Waals surface area contributed by atoms with Gasteiger partial charge < -0.3 is 63.8 Å². The number of hydrogen-bond donors (Lipinski definition) is 5. The molecule has 0 aromatic heterocycles. The Morgan fingerprint density at radius 1 is 0.974 bits per heavy atom. The number of allylic oxidation sites excluding steroid dienone is 4. The van der Waals surface area contributed by atoms with Crippen molar-refractivity contribution < 1.29 is 91.2 Å². The SMILES string of the molecule is CC(=O)O[C@H]1[C@H](C)[C@H](O)[C@H](C)[C@@H](O)[C@@H](C(C)OC(=O)C(C)(C)CC(=O)NCc2cccc(F)c2)/C=C/C=C(/C)C(=O)NC2=CC(=O)c3c(c(O)c(C)c4c3C(=O)[C@@](C)(O/C=C/[C@H](O[C@H]3C[C@@H]5OCO[C@@H]5[C@@H](C)O3)[C@H]1C)O4)C2=O. The minimum absolute atomic E-state index is 0.00109. The van der Waals surface area contributed by atoms with E-state index in [1.165, 1.54) is 91.0 Å². The van der Waals surface area contributed by atoms with Gasteiger partial charge in [-0.1, -0.05) is 51.1 Å². The lowest BCUT2D eigenvalue weighted by Crippen LogP contribution is -2.50. The summed E-state index contributed by atoms with van der Waals surface area (Å²) in [5.41, 5.74) is -2.86. The molecule has 78 heavy (non-hydrogen) atoms. The normalized spacial score (nSPS) is 32.5. The molecule has 2 aromatic rings. The van der Waals surface area contributed by atoms with E-state index in [1.54, 1.807) is 33.8 Å². The lowest BCUT2D eigenvalue weighted by molar-refractivity contribution is -0.246. The summed E-state index contributed by atoms with van der Waals surface area (Å²) >= 11 is 0. The maximum absolute atomic E-state index is 14.4. The predicted octanol–water partition coefficient (Wildman–Crippen LogP) is 5.66. The van der Waals surface area contributed by atoms with Crippen LogP contribution in [0.5, 0.6) is 11.5 Å². The van der Waals surface area contributed by atoms with Crippen LogP contribution in [0.4, 0.5) is 4.39 Å². The number of nitrogens with one attached hydrogen (secondary N) is 2. The molecular formula is C57H69FN2O18. The molecule has 2 saturated heterocycles. The smallest absolute Gasteiger partial charge is 0.312 e. The van der Waals surface area contributed by atoms with E-state index >= 15 is 0 Å². The van der Waals surface area contributed by atoms with Crippen LogP contribution in [-0.4, -0.2) is 124 Å². The van der Waals surface area contributed by atoms with E-state index in [1.807, 2.05) is 0 Å². The number of Topliss-reactive ketones (excluding diaryl/α,β-unsaturated/α-hetero) is 2. The van der Waals surface area contributed by atoms with Gasteiger partial charge in [0.05, 0.1) is 64.6 Å². The summed E-state index contributed by atoms with van der Waals surface area (Å²) in [4.78, 5) is 96.2. The molecule has 0 spiro atoms. The molecule has 5 bridgehead atoms. The Morgan fingerprint density at radius 3 is 2.38 bits per heavy atom. The molecule has 5 aliphatic heterocycles. The molecule has 21 heteroatoms. The third-order valence-corrected chi connectivity index (χ3v) is 15.1. The highest BCUT2D eigenvalue weighted by Gasteiger charge is 2.52. The number of aliphatic hydroxyl groups excluding tert-OH is 2. The van der Waals surface area contributed by atoms with Gasteiger partial charge in [-0.05, 0) is 65.3 Å². The fraction of sp³-hybridized carbons (Fsp3) is 0.526. The van der Waals surface area contributed by atoms with Crippen molar-refractivity contribution >= 4 is 41.1 Å². The third-order valence-electron chi connectivity index (χ3n) is 15.1. The number of ketones is 3. The molecule has 2 fully saturated rings. The Labute approximate surface area is 451 Å². The molecule has 2 amide bonds. The molecule has 2 aromatic carbocycles. The average molecular weight is 1090 g/mol. The van der Waals surface area contributed by atoms with Crippen LogP contribution < -0.4 is 15.4 Å². The molecule has 0 radical (unpaired) electrons.